The zero-order chi connectivity index (χ0) is 13.7. The number of nitrogens with zero attached hydrogens (tertiary/aromatic N) is 3. The average molecular weight is 255 g/mol. The largest absolute Gasteiger partial charge is 0.437 e. The van der Waals surface area contributed by atoms with Crippen molar-refractivity contribution in [1.29, 1.82) is 5.26 Å². The van der Waals surface area contributed by atoms with Gasteiger partial charge >= 0.3 is 0 Å². The van der Waals surface area contributed by atoms with Crippen LogP contribution in [-0.4, -0.2) is 29.4 Å². The first-order valence-corrected chi connectivity index (χ1v) is 5.86. The molecule has 0 atom stereocenters. The molecule has 1 amide bonds. The van der Waals surface area contributed by atoms with Gasteiger partial charge in [0, 0.05) is 25.7 Å². The van der Waals surface area contributed by atoms with Crippen molar-refractivity contribution in [3.05, 3.63) is 36.2 Å². The lowest BCUT2D eigenvalue weighted by molar-refractivity contribution is -0.124. The smallest absolute Gasteiger partial charge is 0.246 e. The van der Waals surface area contributed by atoms with Crippen molar-refractivity contribution in [2.45, 2.75) is 6.42 Å². The van der Waals surface area contributed by atoms with Gasteiger partial charge in [0.1, 0.15) is 5.52 Å². The average Bonchev–Trinajstić information content (AvgIpc) is 2.84. The summed E-state index contributed by atoms with van der Waals surface area (Å²) < 4.78 is 5.46. The van der Waals surface area contributed by atoms with Crippen LogP contribution in [-0.2, 0) is 4.79 Å². The molecule has 1 heterocycles. The Morgan fingerprint density at radius 2 is 2.32 bits per heavy atom. The fourth-order valence-electron chi connectivity index (χ4n) is 1.56. The summed E-state index contributed by atoms with van der Waals surface area (Å²) in [4.78, 5) is 17.4. The fraction of sp³-hybridized carbons (Fsp3) is 0.214. The maximum absolute atomic E-state index is 11.7. The van der Waals surface area contributed by atoms with E-state index in [4.69, 9.17) is 9.68 Å². The molecule has 5 heteroatoms. The molecule has 0 aliphatic heterocycles. The highest BCUT2D eigenvalue weighted by Gasteiger charge is 2.05. The fourth-order valence-corrected chi connectivity index (χ4v) is 1.56. The molecular formula is C14H13N3O2. The number of nitriles is 1. The molecule has 1 aromatic heterocycles. The van der Waals surface area contributed by atoms with E-state index in [-0.39, 0.29) is 5.91 Å². The van der Waals surface area contributed by atoms with Gasteiger partial charge in [-0.15, -0.1) is 0 Å². The third-order valence-electron chi connectivity index (χ3n) is 2.61. The molecule has 5 nitrogen and oxygen atoms in total. The van der Waals surface area contributed by atoms with Crippen LogP contribution in [0.15, 0.2) is 34.8 Å². The van der Waals surface area contributed by atoms with Gasteiger partial charge in [0.05, 0.1) is 12.5 Å². The highest BCUT2D eigenvalue weighted by Crippen LogP contribution is 2.15. The van der Waals surface area contributed by atoms with Gasteiger partial charge in [0.15, 0.2) is 5.58 Å². The molecular weight excluding hydrogens is 242 g/mol. The second-order valence-corrected chi connectivity index (χ2v) is 4.02. The van der Waals surface area contributed by atoms with Crippen molar-refractivity contribution in [2.24, 2.45) is 0 Å². The maximum atomic E-state index is 11.7. The number of likely N-dealkylation sites (N-methyl/N-ethyl adjacent to an activating group) is 1. The molecule has 0 fully saturated rings. The van der Waals surface area contributed by atoms with Crippen LogP contribution in [0.1, 0.15) is 12.3 Å². The highest BCUT2D eigenvalue weighted by atomic mass is 16.3. The van der Waals surface area contributed by atoms with Gasteiger partial charge < -0.3 is 9.32 Å². The summed E-state index contributed by atoms with van der Waals surface area (Å²) in [5, 5.41) is 8.45. The monoisotopic (exact) mass is 255 g/mol. The second kappa shape index (κ2) is 5.83. The summed E-state index contributed by atoms with van der Waals surface area (Å²) in [6.07, 6.45) is 3.24. The Labute approximate surface area is 110 Å². The summed E-state index contributed by atoms with van der Waals surface area (Å²) in [5.41, 5.74) is 1.44. The minimum atomic E-state index is -0.183. The Balaban J connectivity index is 2.05. The first-order chi connectivity index (χ1) is 9.20. The summed E-state index contributed by atoms with van der Waals surface area (Å²) in [6.45, 7) is 0.410. The van der Waals surface area contributed by atoms with Gasteiger partial charge in [-0.25, -0.2) is 4.98 Å². The molecule has 19 heavy (non-hydrogen) atoms. The number of hydrogen-bond donors (Lipinski definition) is 0. The number of aromatic nitrogens is 1. The van der Waals surface area contributed by atoms with E-state index in [9.17, 15) is 4.79 Å². The van der Waals surface area contributed by atoms with Crippen LogP contribution in [0, 0.1) is 11.3 Å². The molecule has 0 saturated carbocycles. The van der Waals surface area contributed by atoms with Crippen molar-refractivity contribution < 1.29 is 9.21 Å². The zero-order valence-electron chi connectivity index (χ0n) is 10.5. The van der Waals surface area contributed by atoms with Crippen LogP contribution < -0.4 is 0 Å². The van der Waals surface area contributed by atoms with E-state index in [0.717, 1.165) is 5.52 Å². The molecule has 0 saturated heterocycles. The number of carbonyl (C=O) groups excluding carboxylic acids is 1. The Morgan fingerprint density at radius 3 is 3.05 bits per heavy atom. The predicted octanol–water partition coefficient (Wildman–Crippen LogP) is 2.21. The standard InChI is InChI=1S/C14H13N3O2/c1-17(10-4-9-15)14(18)8-7-13-16-11-5-2-3-6-12(11)19-13/h2-3,5-8H,4,10H2,1H3/b8-7+. The quantitative estimate of drug-likeness (QED) is 0.785. The number of carbonyl (C=O) groups is 1. The van der Waals surface area contributed by atoms with Gasteiger partial charge in [0.25, 0.3) is 0 Å². The predicted molar refractivity (Wildman–Crippen MR) is 70.9 cm³/mol. The number of benzene rings is 1. The van der Waals surface area contributed by atoms with Gasteiger partial charge in [-0.1, -0.05) is 12.1 Å². The van der Waals surface area contributed by atoms with Gasteiger partial charge in [0.2, 0.25) is 11.8 Å². The van der Waals surface area contributed by atoms with Crippen molar-refractivity contribution in [1.82, 2.24) is 9.88 Å². The maximum Gasteiger partial charge on any atom is 0.246 e. The Bertz CT molecular complexity index is 619. The number of amides is 1. The van der Waals surface area contributed by atoms with E-state index < -0.39 is 0 Å². The van der Waals surface area contributed by atoms with Crippen molar-refractivity contribution in [3.63, 3.8) is 0 Å². The second-order valence-electron chi connectivity index (χ2n) is 4.02. The zero-order valence-corrected chi connectivity index (χ0v) is 10.5. The van der Waals surface area contributed by atoms with Crippen LogP contribution in [0.25, 0.3) is 17.2 Å². The molecule has 2 aromatic rings. The molecule has 0 radical (unpaired) electrons. The minimum Gasteiger partial charge on any atom is -0.437 e. The molecule has 0 aliphatic rings. The van der Waals surface area contributed by atoms with E-state index in [0.29, 0.717) is 24.4 Å². The van der Waals surface area contributed by atoms with E-state index in [1.165, 1.54) is 17.1 Å². The molecule has 0 N–H and O–H groups in total. The van der Waals surface area contributed by atoms with E-state index in [1.54, 1.807) is 7.05 Å². The van der Waals surface area contributed by atoms with Crippen molar-refractivity contribution in [2.75, 3.05) is 13.6 Å². The summed E-state index contributed by atoms with van der Waals surface area (Å²) >= 11 is 0. The first kappa shape index (κ1) is 12.8. The Kier molecular flexibility index (Phi) is 3.94. The normalized spacial score (nSPS) is 10.7. The number of rotatable bonds is 4. The lowest BCUT2D eigenvalue weighted by Crippen LogP contribution is -2.25. The van der Waals surface area contributed by atoms with E-state index in [2.05, 4.69) is 4.98 Å². The van der Waals surface area contributed by atoms with Crippen molar-refractivity contribution >= 4 is 23.1 Å². The van der Waals surface area contributed by atoms with Crippen LogP contribution in [0.4, 0.5) is 0 Å². The molecule has 1 aromatic carbocycles. The van der Waals surface area contributed by atoms with E-state index in [1.807, 2.05) is 30.3 Å². The van der Waals surface area contributed by atoms with Gasteiger partial charge in [-0.2, -0.15) is 5.26 Å². The van der Waals surface area contributed by atoms with E-state index >= 15 is 0 Å². The number of fused-ring (bicyclic) bond motifs is 1. The molecule has 96 valence electrons. The number of para-hydroxylation sites is 2. The lowest BCUT2D eigenvalue weighted by atomic mass is 10.3. The third kappa shape index (κ3) is 3.19. The SMILES string of the molecule is CN(CCC#N)C(=O)/C=C/c1nc2ccccc2o1. The van der Waals surface area contributed by atoms with Gasteiger partial charge in [-0.3, -0.25) is 4.79 Å². The molecule has 0 unspecified atom stereocenters. The molecule has 0 aliphatic carbocycles. The summed E-state index contributed by atoms with van der Waals surface area (Å²) in [7, 11) is 1.65. The Hall–Kier alpha value is -2.61. The van der Waals surface area contributed by atoms with Crippen LogP contribution in [0.2, 0.25) is 0 Å². The molecule has 0 bridgehead atoms. The van der Waals surface area contributed by atoms with Crippen LogP contribution in [0.3, 0.4) is 0 Å². The summed E-state index contributed by atoms with van der Waals surface area (Å²) in [5.74, 6) is 0.209. The minimum absolute atomic E-state index is 0.183. The number of hydrogen-bond acceptors (Lipinski definition) is 4. The lowest BCUT2D eigenvalue weighted by Gasteiger charge is -2.11. The van der Waals surface area contributed by atoms with Crippen molar-refractivity contribution in [3.8, 4) is 6.07 Å². The topological polar surface area (TPSA) is 70.1 Å². The molecule has 0 spiro atoms. The first-order valence-electron chi connectivity index (χ1n) is 5.86. The summed E-state index contributed by atoms with van der Waals surface area (Å²) in [6, 6.07) is 9.40. The van der Waals surface area contributed by atoms with Crippen LogP contribution in [0.5, 0.6) is 0 Å². The Morgan fingerprint density at radius 1 is 1.53 bits per heavy atom. The number of oxazole rings is 1. The van der Waals surface area contributed by atoms with Gasteiger partial charge in [-0.05, 0) is 12.1 Å². The van der Waals surface area contributed by atoms with Crippen LogP contribution >= 0.6 is 0 Å². The third-order valence-corrected chi connectivity index (χ3v) is 2.61. The molecule has 2 rings (SSSR count). The highest BCUT2D eigenvalue weighted by molar-refractivity contribution is 5.91.